The monoisotopic (exact) mass is 564 g/mol. The van der Waals surface area contributed by atoms with E-state index in [4.69, 9.17) is 23.7 Å². The Morgan fingerprint density at radius 2 is 1.68 bits per heavy atom. The highest BCUT2D eigenvalue weighted by molar-refractivity contribution is 5.78. The third-order valence-corrected chi connectivity index (χ3v) is 8.53. The molecular formula is C34H48N2O5. The molecule has 7 nitrogen and oxygen atoms in total. The number of allylic oxidation sites excluding steroid dienone is 4. The Kier molecular flexibility index (Phi) is 10.5. The lowest BCUT2D eigenvalue weighted by atomic mass is 9.97. The Bertz CT molecular complexity index is 1110. The van der Waals surface area contributed by atoms with Crippen LogP contribution in [-0.2, 0) is 20.8 Å². The standard InChI is InChI=1S/C34H48N2O5/c1-5-24(2)34(36(21-25-12-13-25)22-26-14-17-39-18-15-26)29-10-8-9-28(35-29)33-30(37-3)19-27(20-31(33)38-4)23-41-32-11-6-7-16-40-32/h8-10,19-20,25-26,32,35H,2,5-7,11-18,21-23H2,1,3-4H3/b34-29+. The van der Waals surface area contributed by atoms with Crippen LogP contribution in [0.15, 0.2) is 53.9 Å². The number of nitrogens with zero attached hydrogens (tertiary/aromatic N) is 1. The van der Waals surface area contributed by atoms with Gasteiger partial charge in [0.05, 0.1) is 43.5 Å². The smallest absolute Gasteiger partial charge is 0.158 e. The number of rotatable bonds is 13. The first kappa shape index (κ1) is 29.7. The first-order chi connectivity index (χ1) is 20.1. The zero-order chi connectivity index (χ0) is 28.6. The number of hydrogen-bond donors (Lipinski definition) is 1. The van der Waals surface area contributed by atoms with E-state index in [1.54, 1.807) is 14.2 Å². The number of dihydropyridines is 1. The van der Waals surface area contributed by atoms with Gasteiger partial charge in [0.25, 0.3) is 0 Å². The Morgan fingerprint density at radius 3 is 2.29 bits per heavy atom. The average Bonchev–Trinajstić information content (AvgIpc) is 3.84. The molecule has 3 heterocycles. The van der Waals surface area contributed by atoms with Crippen molar-refractivity contribution in [2.75, 3.05) is 47.1 Å². The van der Waals surface area contributed by atoms with E-state index in [-0.39, 0.29) is 6.29 Å². The van der Waals surface area contributed by atoms with Crippen molar-refractivity contribution in [3.63, 3.8) is 0 Å². The molecule has 0 amide bonds. The van der Waals surface area contributed by atoms with Crippen molar-refractivity contribution in [2.45, 2.75) is 71.2 Å². The second-order valence-electron chi connectivity index (χ2n) is 11.7. The maximum Gasteiger partial charge on any atom is 0.158 e. The minimum atomic E-state index is -0.147. The van der Waals surface area contributed by atoms with Crippen LogP contribution < -0.4 is 14.8 Å². The van der Waals surface area contributed by atoms with Crippen LogP contribution in [-0.4, -0.2) is 58.3 Å². The van der Waals surface area contributed by atoms with Crippen molar-refractivity contribution in [1.82, 2.24) is 10.2 Å². The number of benzene rings is 1. The fourth-order valence-corrected chi connectivity index (χ4v) is 5.96. The molecule has 1 aromatic rings. The van der Waals surface area contributed by atoms with Crippen molar-refractivity contribution >= 4 is 5.70 Å². The summed E-state index contributed by atoms with van der Waals surface area (Å²) in [5, 5.41) is 3.76. The van der Waals surface area contributed by atoms with Gasteiger partial charge < -0.3 is 33.9 Å². The van der Waals surface area contributed by atoms with Crippen molar-refractivity contribution in [1.29, 1.82) is 0 Å². The van der Waals surface area contributed by atoms with Crippen molar-refractivity contribution in [3.05, 3.63) is 65.0 Å². The molecule has 4 aliphatic rings. The zero-order valence-electron chi connectivity index (χ0n) is 25.2. The molecule has 0 aromatic heterocycles. The van der Waals surface area contributed by atoms with Crippen LogP contribution in [0.1, 0.15) is 69.4 Å². The Hall–Kier alpha value is -2.74. The van der Waals surface area contributed by atoms with Crippen LogP contribution in [0.2, 0.25) is 0 Å². The van der Waals surface area contributed by atoms with Gasteiger partial charge in [-0.25, -0.2) is 0 Å². The second-order valence-corrected chi connectivity index (χ2v) is 11.7. The van der Waals surface area contributed by atoms with Crippen LogP contribution in [0.25, 0.3) is 5.70 Å². The van der Waals surface area contributed by atoms with Gasteiger partial charge >= 0.3 is 0 Å². The average molecular weight is 565 g/mol. The molecule has 1 N–H and O–H groups in total. The van der Waals surface area contributed by atoms with Crippen molar-refractivity contribution in [3.8, 4) is 11.5 Å². The summed E-state index contributed by atoms with van der Waals surface area (Å²) in [5.41, 5.74) is 6.29. The highest BCUT2D eigenvalue weighted by Crippen LogP contribution is 2.39. The Morgan fingerprint density at radius 1 is 0.976 bits per heavy atom. The lowest BCUT2D eigenvalue weighted by Crippen LogP contribution is -2.36. The molecule has 1 aromatic carbocycles. The van der Waals surface area contributed by atoms with Gasteiger partial charge in [-0.15, -0.1) is 0 Å². The SMILES string of the molecule is C=C(CC)/C(=C1/C=CC=C(c2c(OC)cc(COC3CCCCO3)cc2OC)N1)N(CC1CCOCC1)CC1CC1. The highest BCUT2D eigenvalue weighted by Gasteiger charge is 2.30. The molecule has 1 atom stereocenters. The molecule has 1 saturated carbocycles. The van der Waals surface area contributed by atoms with Crippen molar-refractivity contribution < 1.29 is 23.7 Å². The molecule has 5 rings (SSSR count). The molecule has 0 spiro atoms. The summed E-state index contributed by atoms with van der Waals surface area (Å²) in [4.78, 5) is 2.61. The minimum absolute atomic E-state index is 0.147. The van der Waals surface area contributed by atoms with Crippen LogP contribution in [0.3, 0.4) is 0 Å². The van der Waals surface area contributed by atoms with Crippen LogP contribution in [0.4, 0.5) is 0 Å². The lowest BCUT2D eigenvalue weighted by Gasteiger charge is -2.36. The minimum Gasteiger partial charge on any atom is -0.496 e. The van der Waals surface area contributed by atoms with E-state index in [2.05, 4.69) is 41.9 Å². The van der Waals surface area contributed by atoms with E-state index in [1.807, 2.05) is 12.1 Å². The topological polar surface area (TPSA) is 61.4 Å². The van der Waals surface area contributed by atoms with Gasteiger partial charge in [-0.1, -0.05) is 19.6 Å². The van der Waals surface area contributed by atoms with E-state index in [0.29, 0.717) is 12.5 Å². The Balaban J connectivity index is 1.42. The summed E-state index contributed by atoms with van der Waals surface area (Å²) in [6.07, 6.45) is 15.2. The third kappa shape index (κ3) is 7.76. The van der Waals surface area contributed by atoms with Gasteiger partial charge in [-0.05, 0) is 98.6 Å². The molecule has 41 heavy (non-hydrogen) atoms. The van der Waals surface area contributed by atoms with Crippen LogP contribution >= 0.6 is 0 Å². The van der Waals surface area contributed by atoms with Crippen molar-refractivity contribution in [2.24, 2.45) is 11.8 Å². The van der Waals surface area contributed by atoms with Gasteiger partial charge in [0, 0.05) is 32.9 Å². The molecular weight excluding hydrogens is 516 g/mol. The molecule has 1 unspecified atom stereocenters. The molecule has 3 fully saturated rings. The van der Waals surface area contributed by atoms with E-state index < -0.39 is 0 Å². The predicted octanol–water partition coefficient (Wildman–Crippen LogP) is 6.56. The van der Waals surface area contributed by atoms with Gasteiger partial charge in [0.2, 0.25) is 0 Å². The fraction of sp³-hybridized carbons (Fsp3) is 0.588. The van der Waals surface area contributed by atoms with Gasteiger partial charge in [0.15, 0.2) is 6.29 Å². The van der Waals surface area contributed by atoms with E-state index in [1.165, 1.54) is 18.5 Å². The zero-order valence-corrected chi connectivity index (χ0v) is 25.2. The second kappa shape index (κ2) is 14.4. The molecule has 224 valence electrons. The highest BCUT2D eigenvalue weighted by atomic mass is 16.7. The molecule has 2 saturated heterocycles. The molecule has 3 aliphatic heterocycles. The fourth-order valence-electron chi connectivity index (χ4n) is 5.96. The number of ether oxygens (including phenoxy) is 5. The normalized spacial score (nSPS) is 22.5. The molecule has 0 bridgehead atoms. The van der Waals surface area contributed by atoms with Gasteiger partial charge in [-0.2, -0.15) is 0 Å². The number of methoxy groups -OCH3 is 2. The molecule has 1 aliphatic carbocycles. The number of hydrogen-bond acceptors (Lipinski definition) is 7. The summed E-state index contributed by atoms with van der Waals surface area (Å²) in [6.45, 7) is 11.8. The third-order valence-electron chi connectivity index (χ3n) is 8.53. The summed E-state index contributed by atoms with van der Waals surface area (Å²) in [7, 11) is 3.41. The lowest BCUT2D eigenvalue weighted by molar-refractivity contribution is -0.168. The predicted molar refractivity (Wildman–Crippen MR) is 162 cm³/mol. The maximum atomic E-state index is 6.06. The Labute approximate surface area is 246 Å². The summed E-state index contributed by atoms with van der Waals surface area (Å²) in [6, 6.07) is 4.09. The van der Waals surface area contributed by atoms with E-state index in [0.717, 1.165) is 117 Å². The molecule has 7 heteroatoms. The summed E-state index contributed by atoms with van der Waals surface area (Å²) in [5.74, 6) is 2.90. The summed E-state index contributed by atoms with van der Waals surface area (Å²) < 4.78 is 29.3. The molecule has 0 radical (unpaired) electrons. The summed E-state index contributed by atoms with van der Waals surface area (Å²) >= 11 is 0. The maximum absolute atomic E-state index is 6.06. The van der Waals surface area contributed by atoms with Gasteiger partial charge in [-0.3, -0.25) is 0 Å². The first-order valence-electron chi connectivity index (χ1n) is 15.5. The van der Waals surface area contributed by atoms with Crippen LogP contribution in [0, 0.1) is 11.8 Å². The van der Waals surface area contributed by atoms with Crippen LogP contribution in [0.5, 0.6) is 11.5 Å². The number of nitrogens with one attached hydrogen (secondary N) is 1. The van der Waals surface area contributed by atoms with E-state index in [9.17, 15) is 0 Å². The van der Waals surface area contributed by atoms with E-state index >= 15 is 0 Å². The quantitative estimate of drug-likeness (QED) is 0.291. The first-order valence-corrected chi connectivity index (χ1v) is 15.5. The van der Waals surface area contributed by atoms with Gasteiger partial charge in [0.1, 0.15) is 11.5 Å². The largest absolute Gasteiger partial charge is 0.496 e.